The molecule has 0 saturated heterocycles. The first-order valence-corrected chi connectivity index (χ1v) is 8.51. The first-order chi connectivity index (χ1) is 11.1. The number of rotatable bonds is 9. The average Bonchev–Trinajstić information content (AvgIpc) is 2.57. The van der Waals surface area contributed by atoms with E-state index < -0.39 is 0 Å². The van der Waals surface area contributed by atoms with Crippen molar-refractivity contribution in [1.29, 1.82) is 0 Å². The van der Waals surface area contributed by atoms with Crippen LogP contribution in [0.1, 0.15) is 18.9 Å². The van der Waals surface area contributed by atoms with E-state index >= 15 is 0 Å². The van der Waals surface area contributed by atoms with Crippen LogP contribution >= 0.6 is 11.8 Å². The number of methoxy groups -OCH3 is 1. The minimum Gasteiger partial charge on any atom is -0.469 e. The van der Waals surface area contributed by atoms with Crippen LogP contribution in [0.2, 0.25) is 0 Å². The van der Waals surface area contributed by atoms with Crippen molar-refractivity contribution in [2.45, 2.75) is 19.8 Å². The molecule has 2 amide bonds. The topological polar surface area (TPSA) is 84.5 Å². The molecule has 0 atom stereocenters. The van der Waals surface area contributed by atoms with Crippen LogP contribution in [0, 0.1) is 0 Å². The Morgan fingerprint density at radius 2 is 1.91 bits per heavy atom. The largest absolute Gasteiger partial charge is 0.469 e. The Labute approximate surface area is 140 Å². The lowest BCUT2D eigenvalue weighted by molar-refractivity contribution is -0.140. The quantitative estimate of drug-likeness (QED) is 0.528. The lowest BCUT2D eigenvalue weighted by Gasteiger charge is -2.10. The molecular formula is C16H22N2O4S. The van der Waals surface area contributed by atoms with E-state index in [0.29, 0.717) is 5.75 Å². The molecule has 0 aliphatic rings. The zero-order valence-electron chi connectivity index (χ0n) is 13.4. The molecule has 2 N–H and O–H groups in total. The molecule has 0 aliphatic heterocycles. The van der Waals surface area contributed by atoms with Gasteiger partial charge in [0.1, 0.15) is 0 Å². The summed E-state index contributed by atoms with van der Waals surface area (Å²) in [6.07, 6.45) is 1.09. The number of ether oxygens (including phenoxy) is 1. The highest BCUT2D eigenvalue weighted by molar-refractivity contribution is 7.99. The highest BCUT2D eigenvalue weighted by Crippen LogP contribution is 2.14. The summed E-state index contributed by atoms with van der Waals surface area (Å²) in [4.78, 5) is 34.4. The Morgan fingerprint density at radius 3 is 2.61 bits per heavy atom. The monoisotopic (exact) mass is 338 g/mol. The summed E-state index contributed by atoms with van der Waals surface area (Å²) in [6, 6.07) is 7.56. The zero-order valence-corrected chi connectivity index (χ0v) is 14.2. The summed E-state index contributed by atoms with van der Waals surface area (Å²) in [7, 11) is 1.33. The molecule has 0 bridgehead atoms. The van der Waals surface area contributed by atoms with Gasteiger partial charge in [-0.3, -0.25) is 14.4 Å². The lowest BCUT2D eigenvalue weighted by Crippen LogP contribution is -2.34. The molecule has 23 heavy (non-hydrogen) atoms. The number of hydrogen-bond donors (Lipinski definition) is 2. The maximum absolute atomic E-state index is 11.8. The normalized spacial score (nSPS) is 10.0. The van der Waals surface area contributed by atoms with E-state index in [1.54, 1.807) is 0 Å². The van der Waals surface area contributed by atoms with Crippen LogP contribution in [-0.4, -0.2) is 42.9 Å². The van der Waals surface area contributed by atoms with Crippen LogP contribution in [0.15, 0.2) is 24.3 Å². The van der Waals surface area contributed by atoms with Gasteiger partial charge in [0.25, 0.3) is 0 Å². The summed E-state index contributed by atoms with van der Waals surface area (Å²) >= 11 is 1.32. The van der Waals surface area contributed by atoms with E-state index in [2.05, 4.69) is 15.4 Å². The summed E-state index contributed by atoms with van der Waals surface area (Å²) in [5, 5.41) is 5.34. The van der Waals surface area contributed by atoms with Crippen molar-refractivity contribution in [3.05, 3.63) is 29.8 Å². The van der Waals surface area contributed by atoms with Crippen LogP contribution < -0.4 is 10.6 Å². The highest BCUT2D eigenvalue weighted by atomic mass is 32.2. The van der Waals surface area contributed by atoms with Gasteiger partial charge in [-0.1, -0.05) is 25.1 Å². The van der Waals surface area contributed by atoms with Crippen LogP contribution in [-0.2, 0) is 25.5 Å². The number of benzene rings is 1. The van der Waals surface area contributed by atoms with Crippen LogP contribution in [0.25, 0.3) is 0 Å². The summed E-state index contributed by atoms with van der Waals surface area (Å²) in [5.41, 5.74) is 1.81. The Morgan fingerprint density at radius 1 is 1.17 bits per heavy atom. The third kappa shape index (κ3) is 7.69. The Hall–Kier alpha value is -2.02. The van der Waals surface area contributed by atoms with E-state index in [1.807, 2.05) is 31.2 Å². The molecule has 0 fully saturated rings. The fourth-order valence-corrected chi connectivity index (χ4v) is 2.54. The maximum Gasteiger partial charge on any atom is 0.306 e. The number of carbonyl (C=O) groups is 3. The number of amides is 2. The number of para-hydroxylation sites is 1. The van der Waals surface area contributed by atoms with Gasteiger partial charge in [0.2, 0.25) is 11.8 Å². The standard InChI is InChI=1S/C16H22N2O4S/c1-3-12-6-4-5-7-13(12)18-14(19)10-17-15(20)11-23-9-8-16(21)22-2/h4-7H,3,8-11H2,1-2H3,(H,17,20)(H,18,19). The molecule has 0 spiro atoms. The second-order valence-electron chi connectivity index (χ2n) is 4.71. The molecule has 7 heteroatoms. The Kier molecular flexibility index (Phi) is 8.82. The van der Waals surface area contributed by atoms with Gasteiger partial charge in [-0.05, 0) is 18.1 Å². The Balaban J connectivity index is 2.25. The van der Waals surface area contributed by atoms with Gasteiger partial charge >= 0.3 is 5.97 Å². The molecule has 1 aromatic rings. The highest BCUT2D eigenvalue weighted by Gasteiger charge is 2.08. The number of carbonyl (C=O) groups excluding carboxylic acids is 3. The number of anilines is 1. The minimum absolute atomic E-state index is 0.0750. The molecule has 6 nitrogen and oxygen atoms in total. The predicted molar refractivity (Wildman–Crippen MR) is 91.4 cm³/mol. The number of thioether (sulfide) groups is 1. The minimum atomic E-state index is -0.299. The van der Waals surface area contributed by atoms with Gasteiger partial charge in [0.15, 0.2) is 0 Å². The van der Waals surface area contributed by atoms with E-state index in [1.165, 1.54) is 18.9 Å². The second-order valence-corrected chi connectivity index (χ2v) is 5.82. The maximum atomic E-state index is 11.8. The number of hydrogen-bond acceptors (Lipinski definition) is 5. The lowest BCUT2D eigenvalue weighted by atomic mass is 10.1. The number of aryl methyl sites for hydroxylation is 1. The molecule has 1 rings (SSSR count). The van der Waals surface area contributed by atoms with Gasteiger partial charge in [-0.25, -0.2) is 0 Å². The first-order valence-electron chi connectivity index (χ1n) is 7.35. The van der Waals surface area contributed by atoms with Gasteiger partial charge in [0.05, 0.1) is 25.8 Å². The third-order valence-electron chi connectivity index (χ3n) is 3.03. The second kappa shape index (κ2) is 10.7. The average molecular weight is 338 g/mol. The molecule has 0 unspecified atom stereocenters. The molecular weight excluding hydrogens is 316 g/mol. The van der Waals surface area contributed by atoms with E-state index in [0.717, 1.165) is 17.7 Å². The van der Waals surface area contributed by atoms with Crippen molar-refractivity contribution in [3.63, 3.8) is 0 Å². The van der Waals surface area contributed by atoms with Crippen molar-refractivity contribution in [2.24, 2.45) is 0 Å². The molecule has 0 aromatic heterocycles. The molecule has 126 valence electrons. The van der Waals surface area contributed by atoms with Crippen molar-refractivity contribution >= 4 is 35.2 Å². The SMILES string of the molecule is CCc1ccccc1NC(=O)CNC(=O)CSCCC(=O)OC. The van der Waals surface area contributed by atoms with Crippen molar-refractivity contribution in [2.75, 3.05) is 30.5 Å². The van der Waals surface area contributed by atoms with E-state index in [4.69, 9.17) is 0 Å². The van der Waals surface area contributed by atoms with Crippen molar-refractivity contribution in [3.8, 4) is 0 Å². The van der Waals surface area contributed by atoms with Gasteiger partial charge < -0.3 is 15.4 Å². The van der Waals surface area contributed by atoms with Crippen molar-refractivity contribution < 1.29 is 19.1 Å². The molecule has 1 aromatic carbocycles. The van der Waals surface area contributed by atoms with Crippen LogP contribution in [0.3, 0.4) is 0 Å². The first kappa shape index (κ1) is 19.0. The zero-order chi connectivity index (χ0) is 17.1. The summed E-state index contributed by atoms with van der Waals surface area (Å²) in [5.74, 6) is -0.0871. The number of nitrogens with one attached hydrogen (secondary N) is 2. The number of esters is 1. The molecule has 0 aliphatic carbocycles. The molecule has 0 heterocycles. The smallest absolute Gasteiger partial charge is 0.306 e. The van der Waals surface area contributed by atoms with Crippen LogP contribution in [0.5, 0.6) is 0 Å². The molecule has 0 radical (unpaired) electrons. The van der Waals surface area contributed by atoms with E-state index in [-0.39, 0.29) is 36.5 Å². The van der Waals surface area contributed by atoms with Gasteiger partial charge in [-0.15, -0.1) is 0 Å². The fraction of sp³-hybridized carbons (Fsp3) is 0.438. The van der Waals surface area contributed by atoms with Gasteiger partial charge in [0, 0.05) is 11.4 Å². The summed E-state index contributed by atoms with van der Waals surface area (Å²) in [6.45, 7) is 1.94. The van der Waals surface area contributed by atoms with E-state index in [9.17, 15) is 14.4 Å². The fourth-order valence-electron chi connectivity index (χ4n) is 1.80. The van der Waals surface area contributed by atoms with Gasteiger partial charge in [-0.2, -0.15) is 11.8 Å². The van der Waals surface area contributed by atoms with Crippen molar-refractivity contribution in [1.82, 2.24) is 5.32 Å². The predicted octanol–water partition coefficient (Wildman–Crippen LogP) is 1.60. The summed E-state index contributed by atoms with van der Waals surface area (Å²) < 4.78 is 4.51. The molecule has 0 saturated carbocycles. The Bertz CT molecular complexity index is 549. The third-order valence-corrected chi connectivity index (χ3v) is 3.99. The van der Waals surface area contributed by atoms with Crippen LogP contribution in [0.4, 0.5) is 5.69 Å².